The van der Waals surface area contributed by atoms with Gasteiger partial charge in [0.1, 0.15) is 0 Å². The van der Waals surface area contributed by atoms with E-state index in [1.165, 1.54) is 27.0 Å². The lowest BCUT2D eigenvalue weighted by molar-refractivity contribution is 0.647. The Labute approximate surface area is 200 Å². The molecule has 0 aliphatic rings. The Kier molecular flexibility index (Phi) is 6.14. The summed E-state index contributed by atoms with van der Waals surface area (Å²) >= 11 is 1.80. The number of benzene rings is 4. The van der Waals surface area contributed by atoms with Crippen molar-refractivity contribution in [2.24, 2.45) is 5.92 Å². The molecule has 33 heavy (non-hydrogen) atoms. The van der Waals surface area contributed by atoms with Gasteiger partial charge in [0, 0.05) is 38.2 Å². The van der Waals surface area contributed by atoms with Crippen LogP contribution in [-0.4, -0.2) is 0 Å². The maximum atomic E-state index is 3.55. The van der Waals surface area contributed by atoms with Crippen molar-refractivity contribution in [1.82, 2.24) is 0 Å². The Morgan fingerprint density at radius 1 is 0.727 bits per heavy atom. The molecular formula is C30H28N2S. The first-order valence-electron chi connectivity index (χ1n) is 11.4. The van der Waals surface area contributed by atoms with Gasteiger partial charge in [0.05, 0.1) is 5.69 Å². The number of fused-ring (bicyclic) bond motifs is 1. The molecule has 0 spiro atoms. The number of nitrogens with zero attached hydrogens (tertiary/aromatic N) is 1. The van der Waals surface area contributed by atoms with E-state index in [9.17, 15) is 0 Å². The first-order valence-corrected chi connectivity index (χ1v) is 12.3. The fraction of sp³-hybridized carbons (Fsp3) is 0.133. The van der Waals surface area contributed by atoms with Crippen molar-refractivity contribution >= 4 is 49.9 Å². The van der Waals surface area contributed by atoms with Crippen LogP contribution >= 0.6 is 11.3 Å². The van der Waals surface area contributed by atoms with Crippen LogP contribution in [0.25, 0.3) is 10.1 Å². The van der Waals surface area contributed by atoms with E-state index in [1.807, 2.05) is 6.07 Å². The zero-order valence-electron chi connectivity index (χ0n) is 19.0. The standard InChI is InChI=1S/C30H28N2S/c1-22(2)18-23-10-8-14-26(19-23)32(29-21-33-30-17-7-6-16-28(29)30)27-15-9-13-25(20-27)31-24-11-4-3-5-12-24/h3-17,19-22,31H,18H2,1-2H3. The quantitative estimate of drug-likeness (QED) is 0.267. The number of hydrogen-bond acceptors (Lipinski definition) is 3. The van der Waals surface area contributed by atoms with Gasteiger partial charge in [-0.05, 0) is 66.4 Å². The number of thiophene rings is 1. The summed E-state index contributed by atoms with van der Waals surface area (Å²) in [6.07, 6.45) is 1.07. The molecule has 4 aromatic carbocycles. The van der Waals surface area contributed by atoms with Gasteiger partial charge in [-0.1, -0.05) is 68.4 Å². The number of nitrogens with one attached hydrogen (secondary N) is 1. The summed E-state index contributed by atoms with van der Waals surface area (Å²) in [7, 11) is 0. The second-order valence-corrected chi connectivity index (χ2v) is 9.67. The van der Waals surface area contributed by atoms with E-state index >= 15 is 0 Å². The second kappa shape index (κ2) is 9.51. The summed E-state index contributed by atoms with van der Waals surface area (Å²) < 4.78 is 1.30. The molecule has 3 heteroatoms. The average molecular weight is 449 g/mol. The molecule has 0 bridgehead atoms. The van der Waals surface area contributed by atoms with Gasteiger partial charge in [0.25, 0.3) is 0 Å². The van der Waals surface area contributed by atoms with Crippen LogP contribution in [-0.2, 0) is 6.42 Å². The Hall–Kier alpha value is -3.56. The molecule has 5 rings (SSSR count). The predicted molar refractivity (Wildman–Crippen MR) is 145 cm³/mol. The zero-order chi connectivity index (χ0) is 22.6. The van der Waals surface area contributed by atoms with Gasteiger partial charge in [-0.25, -0.2) is 0 Å². The number of rotatable bonds is 7. The molecule has 164 valence electrons. The van der Waals surface area contributed by atoms with Crippen LogP contribution in [0.1, 0.15) is 19.4 Å². The van der Waals surface area contributed by atoms with Gasteiger partial charge in [-0.2, -0.15) is 0 Å². The fourth-order valence-electron chi connectivity index (χ4n) is 4.27. The summed E-state index contributed by atoms with van der Waals surface area (Å²) in [5.41, 5.74) is 7.07. The summed E-state index contributed by atoms with van der Waals surface area (Å²) in [6, 6.07) is 36.6. The molecule has 0 saturated carbocycles. The molecule has 5 aromatic rings. The Bertz CT molecular complexity index is 1350. The third-order valence-electron chi connectivity index (χ3n) is 5.68. The fourth-order valence-corrected chi connectivity index (χ4v) is 5.20. The van der Waals surface area contributed by atoms with Crippen molar-refractivity contribution in [3.05, 3.63) is 114 Å². The predicted octanol–water partition coefficient (Wildman–Crippen LogP) is 9.31. The molecule has 2 nitrogen and oxygen atoms in total. The molecule has 1 heterocycles. The summed E-state index contributed by atoms with van der Waals surface area (Å²) in [4.78, 5) is 2.39. The molecule has 0 aliphatic carbocycles. The van der Waals surface area contributed by atoms with E-state index in [1.54, 1.807) is 11.3 Å². The molecular weight excluding hydrogens is 420 g/mol. The van der Waals surface area contributed by atoms with E-state index in [0.29, 0.717) is 5.92 Å². The largest absolute Gasteiger partial charge is 0.355 e. The van der Waals surface area contributed by atoms with Gasteiger partial charge in [-0.15, -0.1) is 11.3 Å². The van der Waals surface area contributed by atoms with E-state index in [2.05, 4.69) is 127 Å². The molecule has 0 atom stereocenters. The van der Waals surface area contributed by atoms with Crippen molar-refractivity contribution in [1.29, 1.82) is 0 Å². The lowest BCUT2D eigenvalue weighted by Gasteiger charge is -2.26. The maximum absolute atomic E-state index is 3.55. The Morgan fingerprint density at radius 3 is 2.24 bits per heavy atom. The number of hydrogen-bond donors (Lipinski definition) is 1. The Morgan fingerprint density at radius 2 is 1.42 bits per heavy atom. The molecule has 1 N–H and O–H groups in total. The highest BCUT2D eigenvalue weighted by Crippen LogP contribution is 2.42. The van der Waals surface area contributed by atoms with Crippen molar-refractivity contribution in [3.63, 3.8) is 0 Å². The van der Waals surface area contributed by atoms with Crippen LogP contribution in [0.15, 0.2) is 109 Å². The van der Waals surface area contributed by atoms with Gasteiger partial charge in [0.2, 0.25) is 0 Å². The molecule has 0 fully saturated rings. The molecule has 0 saturated heterocycles. The zero-order valence-corrected chi connectivity index (χ0v) is 19.8. The lowest BCUT2D eigenvalue weighted by atomic mass is 10.0. The van der Waals surface area contributed by atoms with Gasteiger partial charge < -0.3 is 10.2 Å². The maximum Gasteiger partial charge on any atom is 0.0647 e. The lowest BCUT2D eigenvalue weighted by Crippen LogP contribution is -2.10. The van der Waals surface area contributed by atoms with E-state index in [4.69, 9.17) is 0 Å². The minimum absolute atomic E-state index is 0.620. The smallest absolute Gasteiger partial charge is 0.0647 e. The third-order valence-corrected chi connectivity index (χ3v) is 6.63. The summed E-state index contributed by atoms with van der Waals surface area (Å²) in [5, 5.41) is 7.10. The summed E-state index contributed by atoms with van der Waals surface area (Å²) in [6.45, 7) is 4.55. The number of para-hydroxylation sites is 1. The van der Waals surface area contributed by atoms with E-state index in [0.717, 1.165) is 23.5 Å². The van der Waals surface area contributed by atoms with Crippen LogP contribution in [0.2, 0.25) is 0 Å². The van der Waals surface area contributed by atoms with Crippen molar-refractivity contribution in [2.75, 3.05) is 10.2 Å². The molecule has 0 amide bonds. The minimum atomic E-state index is 0.620. The minimum Gasteiger partial charge on any atom is -0.355 e. The molecule has 0 aliphatic heterocycles. The van der Waals surface area contributed by atoms with Crippen LogP contribution in [0, 0.1) is 5.92 Å². The second-order valence-electron chi connectivity index (χ2n) is 8.76. The van der Waals surface area contributed by atoms with Crippen LogP contribution in [0.4, 0.5) is 28.4 Å². The first-order chi connectivity index (χ1) is 16.2. The van der Waals surface area contributed by atoms with Crippen LogP contribution in [0.3, 0.4) is 0 Å². The van der Waals surface area contributed by atoms with Crippen LogP contribution in [0.5, 0.6) is 0 Å². The van der Waals surface area contributed by atoms with Gasteiger partial charge in [0.15, 0.2) is 0 Å². The highest BCUT2D eigenvalue weighted by Gasteiger charge is 2.17. The van der Waals surface area contributed by atoms with E-state index in [-0.39, 0.29) is 0 Å². The average Bonchev–Trinajstić information content (AvgIpc) is 3.24. The monoisotopic (exact) mass is 448 g/mol. The normalized spacial score (nSPS) is 11.1. The topological polar surface area (TPSA) is 15.3 Å². The molecule has 1 aromatic heterocycles. The van der Waals surface area contributed by atoms with Crippen molar-refractivity contribution in [3.8, 4) is 0 Å². The van der Waals surface area contributed by atoms with Crippen molar-refractivity contribution < 1.29 is 0 Å². The van der Waals surface area contributed by atoms with Crippen molar-refractivity contribution in [2.45, 2.75) is 20.3 Å². The first kappa shape index (κ1) is 21.3. The Balaban J connectivity index is 1.61. The molecule has 0 unspecified atom stereocenters. The van der Waals surface area contributed by atoms with Crippen LogP contribution < -0.4 is 10.2 Å². The van der Waals surface area contributed by atoms with Gasteiger partial charge >= 0.3 is 0 Å². The SMILES string of the molecule is CC(C)Cc1cccc(N(c2cccc(Nc3ccccc3)c2)c2csc3ccccc23)c1. The third kappa shape index (κ3) is 4.79. The van der Waals surface area contributed by atoms with E-state index < -0.39 is 0 Å². The summed E-state index contributed by atoms with van der Waals surface area (Å²) in [5.74, 6) is 0.620. The highest BCUT2D eigenvalue weighted by atomic mass is 32.1. The molecule has 0 radical (unpaired) electrons. The number of anilines is 5. The highest BCUT2D eigenvalue weighted by molar-refractivity contribution is 7.17. The van der Waals surface area contributed by atoms with Gasteiger partial charge in [-0.3, -0.25) is 0 Å².